The maximum absolute atomic E-state index is 13.5. The molecule has 1 rings (SSSR count). The molecule has 7 heteroatoms. The van der Waals surface area contributed by atoms with E-state index in [1.807, 2.05) is 0 Å². The fourth-order valence-corrected chi connectivity index (χ4v) is 2.68. The Morgan fingerprint density at radius 1 is 1.44 bits per heavy atom. The van der Waals surface area contributed by atoms with Crippen LogP contribution >= 0.6 is 0 Å². The quantitative estimate of drug-likeness (QED) is 0.473. The Bertz CT molecular complexity index is 542. The lowest BCUT2D eigenvalue weighted by Gasteiger charge is -2.16. The topological polar surface area (TPSA) is 87.0 Å². The second kappa shape index (κ2) is 5.92. The van der Waals surface area contributed by atoms with Crippen LogP contribution in [0.15, 0.2) is 29.4 Å². The molecule has 5 nitrogen and oxygen atoms in total. The molecule has 1 aromatic carbocycles. The average Bonchev–Trinajstić information content (AvgIpc) is 2.36. The number of oxime groups is 1. The molecule has 0 aliphatic rings. The van der Waals surface area contributed by atoms with Crippen LogP contribution in [0.4, 0.5) is 4.39 Å². The lowest BCUT2D eigenvalue weighted by Crippen LogP contribution is -2.36. The molecule has 0 aromatic heterocycles. The van der Waals surface area contributed by atoms with Crippen molar-refractivity contribution < 1.29 is 23.1 Å². The van der Waals surface area contributed by atoms with Gasteiger partial charge in [0.15, 0.2) is 9.84 Å². The van der Waals surface area contributed by atoms with Crippen LogP contribution in [0.3, 0.4) is 0 Å². The van der Waals surface area contributed by atoms with Crippen LogP contribution in [0.25, 0.3) is 0 Å². The molecule has 0 amide bonds. The van der Waals surface area contributed by atoms with E-state index in [-0.39, 0.29) is 11.3 Å². The highest BCUT2D eigenvalue weighted by Gasteiger charge is 2.31. The fraction of sp³-hybridized carbons (Fsp3) is 0.364. The van der Waals surface area contributed by atoms with Gasteiger partial charge in [0.05, 0.1) is 6.61 Å². The molecular weight excluding hydrogens is 261 g/mol. The first-order valence-electron chi connectivity index (χ1n) is 5.27. The van der Waals surface area contributed by atoms with E-state index < -0.39 is 33.2 Å². The standard InChI is InChI=1S/C11H14FNO4S/c1-2-18(16,17)10(7-14)11(13-15)8-5-3-4-6-9(8)12/h3-6,10,14-15H,2,7H2,1H3/b13-11+. The summed E-state index contributed by atoms with van der Waals surface area (Å²) in [5, 5.41) is 19.5. The first-order valence-corrected chi connectivity index (χ1v) is 6.98. The van der Waals surface area contributed by atoms with Crippen molar-refractivity contribution in [2.24, 2.45) is 5.16 Å². The molecule has 1 unspecified atom stereocenters. The second-order valence-corrected chi connectivity index (χ2v) is 6.06. The van der Waals surface area contributed by atoms with Gasteiger partial charge in [0.2, 0.25) is 0 Å². The third kappa shape index (κ3) is 2.85. The molecular formula is C11H14FNO4S. The Hall–Kier alpha value is -1.47. The minimum absolute atomic E-state index is 0.143. The van der Waals surface area contributed by atoms with Crippen molar-refractivity contribution in [3.8, 4) is 0 Å². The Labute approximate surface area is 104 Å². The molecule has 0 fully saturated rings. The Morgan fingerprint density at radius 2 is 2.06 bits per heavy atom. The first-order chi connectivity index (χ1) is 8.47. The molecule has 0 aliphatic carbocycles. The van der Waals surface area contributed by atoms with Crippen LogP contribution in [-0.2, 0) is 9.84 Å². The van der Waals surface area contributed by atoms with E-state index in [0.717, 1.165) is 6.07 Å². The molecule has 2 N–H and O–H groups in total. The summed E-state index contributed by atoms with van der Waals surface area (Å²) in [6.07, 6.45) is 0. The van der Waals surface area contributed by atoms with E-state index in [9.17, 15) is 12.8 Å². The van der Waals surface area contributed by atoms with Gasteiger partial charge in [-0.2, -0.15) is 0 Å². The average molecular weight is 275 g/mol. The number of hydrogen-bond acceptors (Lipinski definition) is 5. The summed E-state index contributed by atoms with van der Waals surface area (Å²) in [5.41, 5.74) is -0.534. The van der Waals surface area contributed by atoms with Crippen LogP contribution in [-0.4, -0.2) is 42.1 Å². The molecule has 18 heavy (non-hydrogen) atoms. The number of nitrogens with zero attached hydrogens (tertiary/aromatic N) is 1. The van der Waals surface area contributed by atoms with Crippen molar-refractivity contribution in [2.75, 3.05) is 12.4 Å². The molecule has 0 radical (unpaired) electrons. The van der Waals surface area contributed by atoms with Crippen molar-refractivity contribution in [3.05, 3.63) is 35.6 Å². The summed E-state index contributed by atoms with van der Waals surface area (Å²) in [6, 6.07) is 5.32. The minimum atomic E-state index is -3.69. The molecule has 0 saturated heterocycles. The van der Waals surface area contributed by atoms with Gasteiger partial charge >= 0.3 is 0 Å². The van der Waals surface area contributed by atoms with Crippen LogP contribution in [0, 0.1) is 5.82 Å². The number of rotatable bonds is 5. The van der Waals surface area contributed by atoms with Gasteiger partial charge in [0.25, 0.3) is 0 Å². The number of aliphatic hydroxyl groups excluding tert-OH is 1. The summed E-state index contributed by atoms with van der Waals surface area (Å²) < 4.78 is 37.0. The van der Waals surface area contributed by atoms with Crippen LogP contribution < -0.4 is 0 Å². The summed E-state index contributed by atoms with van der Waals surface area (Å²) in [5.74, 6) is -0.957. The Balaban J connectivity index is 3.31. The highest BCUT2D eigenvalue weighted by Crippen LogP contribution is 2.15. The predicted molar refractivity (Wildman–Crippen MR) is 65.1 cm³/mol. The van der Waals surface area contributed by atoms with Crippen molar-refractivity contribution in [1.29, 1.82) is 0 Å². The highest BCUT2D eigenvalue weighted by atomic mass is 32.2. The number of hydrogen-bond donors (Lipinski definition) is 2. The molecule has 0 spiro atoms. The van der Waals surface area contributed by atoms with Gasteiger partial charge in [-0.25, -0.2) is 12.8 Å². The van der Waals surface area contributed by atoms with Crippen LogP contribution in [0.5, 0.6) is 0 Å². The molecule has 100 valence electrons. The smallest absolute Gasteiger partial charge is 0.161 e. The molecule has 0 saturated carbocycles. The van der Waals surface area contributed by atoms with E-state index >= 15 is 0 Å². The van der Waals surface area contributed by atoms with Gasteiger partial charge in [-0.3, -0.25) is 0 Å². The van der Waals surface area contributed by atoms with E-state index in [1.54, 1.807) is 0 Å². The monoisotopic (exact) mass is 275 g/mol. The normalized spacial score (nSPS) is 14.5. The first kappa shape index (κ1) is 14.6. The lowest BCUT2D eigenvalue weighted by atomic mass is 10.1. The number of aliphatic hydroxyl groups is 1. The lowest BCUT2D eigenvalue weighted by molar-refractivity contribution is 0.295. The third-order valence-electron chi connectivity index (χ3n) is 2.56. The molecule has 0 heterocycles. The maximum Gasteiger partial charge on any atom is 0.161 e. The SMILES string of the molecule is CCS(=O)(=O)C(CO)/C(=N/O)c1ccccc1F. The zero-order valence-electron chi connectivity index (χ0n) is 9.75. The Kier molecular flexibility index (Phi) is 4.80. The number of benzene rings is 1. The van der Waals surface area contributed by atoms with Gasteiger partial charge in [-0.1, -0.05) is 30.3 Å². The second-order valence-electron chi connectivity index (χ2n) is 3.59. The molecule has 1 atom stereocenters. The van der Waals surface area contributed by atoms with Gasteiger partial charge < -0.3 is 10.3 Å². The minimum Gasteiger partial charge on any atom is -0.411 e. The largest absolute Gasteiger partial charge is 0.411 e. The van der Waals surface area contributed by atoms with E-state index in [1.165, 1.54) is 25.1 Å². The van der Waals surface area contributed by atoms with Crippen molar-refractivity contribution in [3.63, 3.8) is 0 Å². The summed E-state index contributed by atoms with van der Waals surface area (Å²) in [4.78, 5) is 0. The van der Waals surface area contributed by atoms with Crippen molar-refractivity contribution in [1.82, 2.24) is 0 Å². The third-order valence-corrected chi connectivity index (χ3v) is 4.61. The zero-order valence-corrected chi connectivity index (χ0v) is 10.6. The number of sulfone groups is 1. The van der Waals surface area contributed by atoms with E-state index in [0.29, 0.717) is 0 Å². The Morgan fingerprint density at radius 3 is 2.50 bits per heavy atom. The molecule has 1 aromatic rings. The zero-order chi connectivity index (χ0) is 13.8. The highest BCUT2D eigenvalue weighted by molar-refractivity contribution is 7.92. The van der Waals surface area contributed by atoms with Crippen molar-refractivity contribution in [2.45, 2.75) is 12.2 Å². The van der Waals surface area contributed by atoms with E-state index in [2.05, 4.69) is 5.16 Å². The fourth-order valence-electron chi connectivity index (χ4n) is 1.53. The van der Waals surface area contributed by atoms with Gasteiger partial charge in [0.1, 0.15) is 16.8 Å². The van der Waals surface area contributed by atoms with Crippen LogP contribution in [0.1, 0.15) is 12.5 Å². The van der Waals surface area contributed by atoms with Gasteiger partial charge in [0, 0.05) is 11.3 Å². The molecule has 0 bridgehead atoms. The summed E-state index contributed by atoms with van der Waals surface area (Å²) >= 11 is 0. The van der Waals surface area contributed by atoms with Crippen molar-refractivity contribution >= 4 is 15.5 Å². The molecule has 0 aliphatic heterocycles. The predicted octanol–water partition coefficient (Wildman–Crippen LogP) is 0.800. The van der Waals surface area contributed by atoms with E-state index in [4.69, 9.17) is 10.3 Å². The van der Waals surface area contributed by atoms with Gasteiger partial charge in [-0.15, -0.1) is 0 Å². The van der Waals surface area contributed by atoms with Crippen LogP contribution in [0.2, 0.25) is 0 Å². The summed E-state index contributed by atoms with van der Waals surface area (Å²) in [6.45, 7) is 0.623. The van der Waals surface area contributed by atoms with Gasteiger partial charge in [-0.05, 0) is 6.07 Å². The maximum atomic E-state index is 13.5. The summed E-state index contributed by atoms with van der Waals surface area (Å²) in [7, 11) is -3.69. The number of halogens is 1.